The van der Waals surface area contributed by atoms with E-state index in [1.54, 1.807) is 15.9 Å². The van der Waals surface area contributed by atoms with E-state index in [2.05, 4.69) is 4.98 Å². The van der Waals surface area contributed by atoms with Gasteiger partial charge in [-0.25, -0.2) is 9.37 Å². The van der Waals surface area contributed by atoms with E-state index in [-0.39, 0.29) is 28.4 Å². The Kier molecular flexibility index (Phi) is 6.03. The van der Waals surface area contributed by atoms with Gasteiger partial charge >= 0.3 is 0 Å². The quantitative estimate of drug-likeness (QED) is 0.212. The molecule has 0 aliphatic rings. The number of methoxy groups -OCH3 is 1. The molecule has 0 spiro atoms. The van der Waals surface area contributed by atoms with Crippen LogP contribution in [0.1, 0.15) is 17.3 Å². The van der Waals surface area contributed by atoms with Gasteiger partial charge in [0.15, 0.2) is 22.5 Å². The summed E-state index contributed by atoms with van der Waals surface area (Å²) in [7, 11) is 1.37. The summed E-state index contributed by atoms with van der Waals surface area (Å²) in [4.78, 5) is 32.0. The zero-order valence-corrected chi connectivity index (χ0v) is 18.6. The molecule has 3 heterocycles. The Hall–Kier alpha value is -2.49. The van der Waals surface area contributed by atoms with Crippen LogP contribution in [0.2, 0.25) is 0 Å². The summed E-state index contributed by atoms with van der Waals surface area (Å²) in [6.45, 7) is 2.31. The maximum atomic E-state index is 13.9. The fraction of sp³-hybridized carbons (Fsp3) is 0.190. The highest BCUT2D eigenvalue weighted by Gasteiger charge is 2.18. The molecule has 30 heavy (non-hydrogen) atoms. The number of ketones is 1. The molecule has 0 radical (unpaired) electrons. The second-order valence-corrected chi connectivity index (χ2v) is 9.06. The summed E-state index contributed by atoms with van der Waals surface area (Å²) in [5.74, 6) is -0.695. The van der Waals surface area contributed by atoms with Crippen molar-refractivity contribution < 1.29 is 13.9 Å². The summed E-state index contributed by atoms with van der Waals surface area (Å²) in [6.07, 6.45) is 0. The highest BCUT2D eigenvalue weighted by Crippen LogP contribution is 2.34. The molecule has 0 amide bonds. The zero-order valence-electron chi connectivity index (χ0n) is 16.2. The lowest BCUT2D eigenvalue weighted by Gasteiger charge is -2.10. The number of hydrogen-bond donors (Lipinski definition) is 0. The van der Waals surface area contributed by atoms with Crippen LogP contribution in [0.4, 0.5) is 4.39 Å². The third kappa shape index (κ3) is 3.80. The summed E-state index contributed by atoms with van der Waals surface area (Å²) in [5.41, 5.74) is 1.03. The average Bonchev–Trinajstić information content (AvgIpc) is 3.41. The lowest BCUT2D eigenvalue weighted by Crippen LogP contribution is -2.22. The van der Waals surface area contributed by atoms with Crippen molar-refractivity contribution in [2.45, 2.75) is 18.6 Å². The SMILES string of the molecule is CCn1c(SCC(=O)c2ccc(OC)c(F)c2)nc2scc(-c3cccs3)c2c1=O. The van der Waals surface area contributed by atoms with Crippen LogP contribution in [0.3, 0.4) is 0 Å². The molecule has 0 aliphatic carbocycles. The summed E-state index contributed by atoms with van der Waals surface area (Å²) >= 11 is 4.18. The Labute approximate surface area is 184 Å². The first kappa shape index (κ1) is 20.8. The Bertz CT molecular complexity index is 1280. The van der Waals surface area contributed by atoms with Gasteiger partial charge in [0.25, 0.3) is 5.56 Å². The van der Waals surface area contributed by atoms with E-state index in [1.807, 2.05) is 29.8 Å². The van der Waals surface area contributed by atoms with Gasteiger partial charge in [-0.2, -0.15) is 0 Å². The van der Waals surface area contributed by atoms with Crippen LogP contribution in [0, 0.1) is 5.82 Å². The lowest BCUT2D eigenvalue weighted by atomic mass is 10.1. The van der Waals surface area contributed by atoms with Crippen molar-refractivity contribution in [2.24, 2.45) is 0 Å². The lowest BCUT2D eigenvalue weighted by molar-refractivity contribution is 0.102. The molecule has 0 N–H and O–H groups in total. The van der Waals surface area contributed by atoms with Crippen LogP contribution in [-0.2, 0) is 6.54 Å². The Morgan fingerprint density at radius 1 is 1.30 bits per heavy atom. The van der Waals surface area contributed by atoms with E-state index in [0.29, 0.717) is 21.9 Å². The number of nitrogens with zero attached hydrogens (tertiary/aromatic N) is 2. The molecule has 5 nitrogen and oxygen atoms in total. The number of carbonyl (C=O) groups is 1. The number of benzene rings is 1. The molecular weight excluding hydrogens is 443 g/mol. The topological polar surface area (TPSA) is 61.2 Å². The summed E-state index contributed by atoms with van der Waals surface area (Å²) in [5, 5.41) is 5.02. The number of hydrogen-bond acceptors (Lipinski definition) is 7. The van der Waals surface area contributed by atoms with Crippen molar-refractivity contribution in [1.29, 1.82) is 0 Å². The van der Waals surface area contributed by atoms with Crippen LogP contribution in [-0.4, -0.2) is 28.2 Å². The molecule has 0 fully saturated rings. The number of rotatable bonds is 7. The van der Waals surface area contributed by atoms with Gasteiger partial charge in [0.2, 0.25) is 0 Å². The van der Waals surface area contributed by atoms with Crippen molar-refractivity contribution >= 4 is 50.4 Å². The molecule has 0 unspecified atom stereocenters. The second-order valence-electron chi connectivity index (χ2n) is 6.31. The number of fused-ring (bicyclic) bond motifs is 1. The van der Waals surface area contributed by atoms with Crippen molar-refractivity contribution in [1.82, 2.24) is 9.55 Å². The number of thioether (sulfide) groups is 1. The molecule has 4 rings (SSSR count). The number of ether oxygens (including phenoxy) is 1. The fourth-order valence-corrected chi connectivity index (χ4v) is 5.82. The Morgan fingerprint density at radius 2 is 2.13 bits per heavy atom. The first-order valence-corrected chi connectivity index (χ1v) is 11.8. The largest absolute Gasteiger partial charge is 0.494 e. The van der Waals surface area contributed by atoms with Gasteiger partial charge < -0.3 is 4.74 Å². The molecule has 3 aromatic heterocycles. The first-order chi connectivity index (χ1) is 14.5. The molecule has 0 aliphatic heterocycles. The van der Waals surface area contributed by atoms with Crippen molar-refractivity contribution in [3.63, 3.8) is 0 Å². The first-order valence-electron chi connectivity index (χ1n) is 9.09. The van der Waals surface area contributed by atoms with Gasteiger partial charge in [0, 0.05) is 27.9 Å². The molecule has 0 atom stereocenters. The minimum absolute atomic E-state index is 0.0485. The van der Waals surface area contributed by atoms with E-state index in [9.17, 15) is 14.0 Å². The Balaban J connectivity index is 1.64. The van der Waals surface area contributed by atoms with Gasteiger partial charge in [-0.05, 0) is 36.6 Å². The van der Waals surface area contributed by atoms with Gasteiger partial charge in [-0.3, -0.25) is 14.2 Å². The molecular formula is C21H17FN2O3S3. The molecule has 0 saturated carbocycles. The maximum Gasteiger partial charge on any atom is 0.263 e. The minimum Gasteiger partial charge on any atom is -0.494 e. The van der Waals surface area contributed by atoms with Gasteiger partial charge in [0.1, 0.15) is 4.83 Å². The van der Waals surface area contributed by atoms with Crippen LogP contribution in [0.25, 0.3) is 20.7 Å². The highest BCUT2D eigenvalue weighted by molar-refractivity contribution is 7.99. The van der Waals surface area contributed by atoms with Crippen LogP contribution < -0.4 is 10.3 Å². The molecule has 154 valence electrons. The molecule has 9 heteroatoms. The smallest absolute Gasteiger partial charge is 0.263 e. The van der Waals surface area contributed by atoms with Crippen molar-refractivity contribution in [3.05, 3.63) is 62.8 Å². The van der Waals surface area contributed by atoms with Gasteiger partial charge in [-0.15, -0.1) is 22.7 Å². The number of aromatic nitrogens is 2. The van der Waals surface area contributed by atoms with Gasteiger partial charge in [-0.1, -0.05) is 17.8 Å². The number of halogens is 1. The van der Waals surface area contributed by atoms with Crippen LogP contribution in [0.5, 0.6) is 5.75 Å². The predicted molar refractivity (Wildman–Crippen MR) is 121 cm³/mol. The predicted octanol–water partition coefficient (Wildman–Crippen LogP) is 5.33. The van der Waals surface area contributed by atoms with Crippen LogP contribution in [0.15, 0.2) is 51.0 Å². The van der Waals surface area contributed by atoms with E-state index in [0.717, 1.165) is 16.5 Å². The third-order valence-electron chi connectivity index (χ3n) is 4.57. The summed E-state index contributed by atoms with van der Waals surface area (Å²) < 4.78 is 20.4. The third-order valence-corrected chi connectivity index (χ3v) is 7.32. The standard InChI is InChI=1S/C21H17FN2O3S3/c1-3-24-20(26)18-13(17-5-4-8-28-17)10-29-19(18)23-21(24)30-11-15(25)12-6-7-16(27-2)14(22)9-12/h4-10H,3,11H2,1-2H3. The van der Waals surface area contributed by atoms with E-state index in [1.165, 1.54) is 42.3 Å². The monoisotopic (exact) mass is 460 g/mol. The van der Waals surface area contributed by atoms with Crippen molar-refractivity contribution in [3.8, 4) is 16.2 Å². The van der Waals surface area contributed by atoms with E-state index in [4.69, 9.17) is 4.74 Å². The zero-order chi connectivity index (χ0) is 21.3. The number of carbonyl (C=O) groups excluding carboxylic acids is 1. The molecule has 0 bridgehead atoms. The van der Waals surface area contributed by atoms with Crippen molar-refractivity contribution in [2.75, 3.05) is 12.9 Å². The molecule has 1 aromatic carbocycles. The highest BCUT2D eigenvalue weighted by atomic mass is 32.2. The van der Waals surface area contributed by atoms with E-state index >= 15 is 0 Å². The van der Waals surface area contributed by atoms with Gasteiger partial charge in [0.05, 0.1) is 18.2 Å². The average molecular weight is 461 g/mol. The Morgan fingerprint density at radius 3 is 2.80 bits per heavy atom. The van der Waals surface area contributed by atoms with E-state index < -0.39 is 5.82 Å². The number of thiophene rings is 2. The number of Topliss-reactive ketones (excluding diaryl/α,β-unsaturated/α-hetero) is 1. The normalized spacial score (nSPS) is 11.2. The summed E-state index contributed by atoms with van der Waals surface area (Å²) in [6, 6.07) is 8.06. The second kappa shape index (κ2) is 8.71. The van der Waals surface area contributed by atoms with Crippen LogP contribution >= 0.6 is 34.4 Å². The fourth-order valence-electron chi connectivity index (χ4n) is 3.06. The maximum absolute atomic E-state index is 13.9. The minimum atomic E-state index is -0.585. The molecule has 0 saturated heterocycles. The molecule has 4 aromatic rings.